The molecule has 0 spiro atoms. The van der Waals surface area contributed by atoms with Gasteiger partial charge in [-0.1, -0.05) is 31.2 Å². The van der Waals surface area contributed by atoms with Crippen LogP contribution in [0, 0.1) is 0 Å². The summed E-state index contributed by atoms with van der Waals surface area (Å²) in [7, 11) is 3.17. The van der Waals surface area contributed by atoms with Gasteiger partial charge in [-0.25, -0.2) is 0 Å². The van der Waals surface area contributed by atoms with Crippen LogP contribution in [0.3, 0.4) is 0 Å². The lowest BCUT2D eigenvalue weighted by Crippen LogP contribution is -2.36. The second kappa shape index (κ2) is 8.97. The average molecular weight is 343 g/mol. The van der Waals surface area contributed by atoms with Gasteiger partial charge in [-0.15, -0.1) is 0 Å². The van der Waals surface area contributed by atoms with Gasteiger partial charge in [0.1, 0.15) is 5.75 Å². The Morgan fingerprint density at radius 2 is 1.76 bits per heavy atom. The molecule has 5 heteroatoms. The fourth-order valence-corrected chi connectivity index (χ4v) is 2.48. The first kappa shape index (κ1) is 18.6. The second-order valence-corrected chi connectivity index (χ2v) is 5.63. The molecule has 2 aromatic carbocycles. The minimum absolute atomic E-state index is 0.166. The normalized spacial score (nSPS) is 11.5. The second-order valence-electron chi connectivity index (χ2n) is 5.63. The summed E-state index contributed by atoms with van der Waals surface area (Å²) in [5.74, 6) is 1.88. The molecule has 25 heavy (non-hydrogen) atoms. The van der Waals surface area contributed by atoms with Crippen molar-refractivity contribution < 1.29 is 19.0 Å². The number of hydrogen-bond acceptors (Lipinski definition) is 4. The Balaban J connectivity index is 1.95. The van der Waals surface area contributed by atoms with E-state index in [0.29, 0.717) is 18.0 Å². The van der Waals surface area contributed by atoms with Gasteiger partial charge in [0.2, 0.25) is 0 Å². The minimum Gasteiger partial charge on any atom is -0.493 e. The summed E-state index contributed by atoms with van der Waals surface area (Å²) in [6, 6.07) is 13.3. The van der Waals surface area contributed by atoms with E-state index in [1.54, 1.807) is 21.1 Å². The molecule has 1 atom stereocenters. The van der Waals surface area contributed by atoms with Crippen molar-refractivity contribution in [1.82, 2.24) is 5.32 Å². The van der Waals surface area contributed by atoms with Crippen molar-refractivity contribution in [2.75, 3.05) is 14.2 Å². The summed E-state index contributed by atoms with van der Waals surface area (Å²) in [5, 5.41) is 2.88. The molecule has 2 rings (SSSR count). The predicted octanol–water partition coefficient (Wildman–Crippen LogP) is 3.35. The Morgan fingerprint density at radius 1 is 1.04 bits per heavy atom. The minimum atomic E-state index is -0.576. The Bertz CT molecular complexity index is 715. The molecule has 0 fully saturated rings. The molecule has 0 aliphatic heterocycles. The van der Waals surface area contributed by atoms with Gasteiger partial charge in [0.15, 0.2) is 17.6 Å². The van der Waals surface area contributed by atoms with Crippen LogP contribution in [-0.4, -0.2) is 26.2 Å². The zero-order chi connectivity index (χ0) is 18.2. The number of amides is 1. The fraction of sp³-hybridized carbons (Fsp3) is 0.350. The molecule has 0 radical (unpaired) electrons. The number of hydrogen-bond donors (Lipinski definition) is 1. The van der Waals surface area contributed by atoms with Crippen LogP contribution in [-0.2, 0) is 17.8 Å². The van der Waals surface area contributed by atoms with Crippen molar-refractivity contribution in [1.29, 1.82) is 0 Å². The van der Waals surface area contributed by atoms with Crippen LogP contribution in [0.25, 0.3) is 0 Å². The van der Waals surface area contributed by atoms with E-state index in [0.717, 1.165) is 23.3 Å². The quantitative estimate of drug-likeness (QED) is 0.799. The highest BCUT2D eigenvalue weighted by molar-refractivity contribution is 5.80. The number of rotatable bonds is 8. The third-order valence-corrected chi connectivity index (χ3v) is 3.94. The molecule has 0 aliphatic rings. The average Bonchev–Trinajstić information content (AvgIpc) is 2.66. The summed E-state index contributed by atoms with van der Waals surface area (Å²) in [6.45, 7) is 4.20. The zero-order valence-corrected chi connectivity index (χ0v) is 15.2. The Labute approximate surface area is 148 Å². The Kier molecular flexibility index (Phi) is 6.69. The number of para-hydroxylation sites is 1. The Morgan fingerprint density at radius 3 is 2.44 bits per heavy atom. The summed E-state index contributed by atoms with van der Waals surface area (Å²) in [4.78, 5) is 12.3. The molecular formula is C20H25NO4. The third-order valence-electron chi connectivity index (χ3n) is 3.94. The van der Waals surface area contributed by atoms with E-state index in [4.69, 9.17) is 14.2 Å². The molecule has 134 valence electrons. The van der Waals surface area contributed by atoms with Crippen LogP contribution in [0.15, 0.2) is 42.5 Å². The lowest BCUT2D eigenvalue weighted by atomic mass is 10.1. The zero-order valence-electron chi connectivity index (χ0n) is 15.2. The van der Waals surface area contributed by atoms with Crippen molar-refractivity contribution in [2.45, 2.75) is 32.9 Å². The van der Waals surface area contributed by atoms with Gasteiger partial charge in [0.05, 0.1) is 14.2 Å². The molecule has 2 aromatic rings. The molecule has 0 saturated carbocycles. The van der Waals surface area contributed by atoms with E-state index in [9.17, 15) is 4.79 Å². The molecule has 1 N–H and O–H groups in total. The van der Waals surface area contributed by atoms with Crippen LogP contribution in [0.1, 0.15) is 25.0 Å². The number of benzene rings is 2. The SMILES string of the molecule is CCc1ccccc1OC(C)C(=O)NCc1ccc(OC)c(OC)c1. The molecule has 5 nitrogen and oxygen atoms in total. The summed E-state index contributed by atoms with van der Waals surface area (Å²) in [6.07, 6.45) is 0.281. The van der Waals surface area contributed by atoms with Crippen molar-refractivity contribution in [3.8, 4) is 17.2 Å². The lowest BCUT2D eigenvalue weighted by molar-refractivity contribution is -0.127. The molecule has 1 amide bonds. The molecule has 0 saturated heterocycles. The van der Waals surface area contributed by atoms with Crippen molar-refractivity contribution in [3.05, 3.63) is 53.6 Å². The maximum absolute atomic E-state index is 12.3. The summed E-state index contributed by atoms with van der Waals surface area (Å²) >= 11 is 0. The first-order valence-corrected chi connectivity index (χ1v) is 8.32. The highest BCUT2D eigenvalue weighted by Crippen LogP contribution is 2.27. The topological polar surface area (TPSA) is 56.8 Å². The van der Waals surface area contributed by atoms with E-state index >= 15 is 0 Å². The third kappa shape index (κ3) is 4.89. The van der Waals surface area contributed by atoms with Crippen LogP contribution in [0.5, 0.6) is 17.2 Å². The van der Waals surface area contributed by atoms with Crippen LogP contribution in [0.4, 0.5) is 0 Å². The van der Waals surface area contributed by atoms with E-state index in [2.05, 4.69) is 12.2 Å². The van der Waals surface area contributed by atoms with Gasteiger partial charge in [-0.05, 0) is 42.7 Å². The number of carbonyl (C=O) groups is 1. The first-order valence-electron chi connectivity index (χ1n) is 8.32. The lowest BCUT2D eigenvalue weighted by Gasteiger charge is -2.17. The summed E-state index contributed by atoms with van der Waals surface area (Å²) < 4.78 is 16.3. The van der Waals surface area contributed by atoms with E-state index in [1.165, 1.54) is 0 Å². The highest BCUT2D eigenvalue weighted by Gasteiger charge is 2.16. The molecule has 0 bridgehead atoms. The van der Waals surface area contributed by atoms with Gasteiger partial charge < -0.3 is 19.5 Å². The van der Waals surface area contributed by atoms with Gasteiger partial charge in [-0.3, -0.25) is 4.79 Å². The van der Waals surface area contributed by atoms with Gasteiger partial charge >= 0.3 is 0 Å². The maximum Gasteiger partial charge on any atom is 0.261 e. The van der Waals surface area contributed by atoms with E-state index in [-0.39, 0.29) is 5.91 Å². The van der Waals surface area contributed by atoms with Crippen molar-refractivity contribution >= 4 is 5.91 Å². The highest BCUT2D eigenvalue weighted by atomic mass is 16.5. The molecule has 0 heterocycles. The standard InChI is InChI=1S/C20H25NO4/c1-5-16-8-6-7-9-17(16)25-14(2)20(22)21-13-15-10-11-18(23-3)19(12-15)24-4/h6-12,14H,5,13H2,1-4H3,(H,21,22). The smallest absolute Gasteiger partial charge is 0.261 e. The molecule has 1 unspecified atom stereocenters. The van der Waals surface area contributed by atoms with Crippen molar-refractivity contribution in [2.24, 2.45) is 0 Å². The molecule has 0 aliphatic carbocycles. The van der Waals surface area contributed by atoms with E-state index in [1.807, 2.05) is 42.5 Å². The molecular weight excluding hydrogens is 318 g/mol. The van der Waals surface area contributed by atoms with Crippen LogP contribution in [0.2, 0.25) is 0 Å². The largest absolute Gasteiger partial charge is 0.493 e. The van der Waals surface area contributed by atoms with Gasteiger partial charge in [0, 0.05) is 6.54 Å². The monoisotopic (exact) mass is 343 g/mol. The maximum atomic E-state index is 12.3. The van der Waals surface area contributed by atoms with Crippen molar-refractivity contribution in [3.63, 3.8) is 0 Å². The van der Waals surface area contributed by atoms with Crippen LogP contribution < -0.4 is 19.5 Å². The number of aryl methyl sites for hydroxylation is 1. The molecule has 0 aromatic heterocycles. The number of methoxy groups -OCH3 is 2. The van der Waals surface area contributed by atoms with Gasteiger partial charge in [-0.2, -0.15) is 0 Å². The number of carbonyl (C=O) groups excluding carboxylic acids is 1. The number of ether oxygens (including phenoxy) is 3. The summed E-state index contributed by atoms with van der Waals surface area (Å²) in [5.41, 5.74) is 2.01. The fourth-order valence-electron chi connectivity index (χ4n) is 2.48. The predicted molar refractivity (Wildman–Crippen MR) is 97.3 cm³/mol. The number of nitrogens with one attached hydrogen (secondary N) is 1. The van der Waals surface area contributed by atoms with Crippen LogP contribution >= 0.6 is 0 Å². The van der Waals surface area contributed by atoms with Gasteiger partial charge in [0.25, 0.3) is 5.91 Å². The Hall–Kier alpha value is -2.69. The first-order chi connectivity index (χ1) is 12.1. The van der Waals surface area contributed by atoms with E-state index < -0.39 is 6.10 Å².